The van der Waals surface area contributed by atoms with Crippen LogP contribution in [0.3, 0.4) is 0 Å². The number of carbonyl (C=O) groups excluding carboxylic acids is 2. The van der Waals surface area contributed by atoms with Gasteiger partial charge in [0.2, 0.25) is 11.8 Å². The van der Waals surface area contributed by atoms with Crippen LogP contribution in [0.2, 0.25) is 0 Å². The zero-order chi connectivity index (χ0) is 26.9. The monoisotopic (exact) mass is 519 g/mol. The Kier molecular flexibility index (Phi) is 9.68. The molecule has 1 N–H and O–H groups in total. The largest absolute Gasteiger partial charge is 0.493 e. The molecule has 0 saturated heterocycles. The van der Waals surface area contributed by atoms with E-state index in [2.05, 4.69) is 24.0 Å². The molecule has 0 aliphatic heterocycles. The highest BCUT2D eigenvalue weighted by Crippen LogP contribution is 2.29. The molecule has 38 heavy (non-hydrogen) atoms. The Balaban J connectivity index is 1.54. The Bertz CT molecular complexity index is 1210. The highest BCUT2D eigenvalue weighted by molar-refractivity contribution is 5.86. The van der Waals surface area contributed by atoms with Gasteiger partial charge >= 0.3 is 0 Å². The van der Waals surface area contributed by atoms with Gasteiger partial charge in [-0.2, -0.15) is 0 Å². The third-order valence-electron chi connectivity index (χ3n) is 7.59. The van der Waals surface area contributed by atoms with E-state index in [9.17, 15) is 9.59 Å². The van der Waals surface area contributed by atoms with Gasteiger partial charge < -0.3 is 24.3 Å². The molecule has 0 atom stereocenters. The number of nitrogens with one attached hydrogen (secondary N) is 1. The summed E-state index contributed by atoms with van der Waals surface area (Å²) in [5, 5.41) is 1.17. The van der Waals surface area contributed by atoms with Crippen molar-refractivity contribution in [2.75, 3.05) is 33.9 Å². The van der Waals surface area contributed by atoms with E-state index in [0.29, 0.717) is 37.6 Å². The minimum Gasteiger partial charge on any atom is -0.493 e. The number of hydrogen-bond donors (Lipinski definition) is 1. The molecular weight excluding hydrogens is 478 g/mol. The van der Waals surface area contributed by atoms with E-state index in [1.54, 1.807) is 19.1 Å². The van der Waals surface area contributed by atoms with E-state index in [1.165, 1.54) is 17.4 Å². The quantitative estimate of drug-likeness (QED) is 0.339. The fourth-order valence-corrected chi connectivity index (χ4v) is 5.49. The first-order chi connectivity index (χ1) is 18.5. The third kappa shape index (κ3) is 6.69. The highest BCUT2D eigenvalue weighted by Gasteiger charge is 2.28. The van der Waals surface area contributed by atoms with Crippen LogP contribution in [0, 0.1) is 5.92 Å². The van der Waals surface area contributed by atoms with Gasteiger partial charge in [-0.15, -0.1) is 0 Å². The Hall–Kier alpha value is -3.48. The molecule has 2 aromatic carbocycles. The number of rotatable bonds is 12. The normalized spacial score (nSPS) is 13.9. The van der Waals surface area contributed by atoms with Crippen molar-refractivity contribution in [3.63, 3.8) is 0 Å². The molecule has 1 aliphatic carbocycles. The van der Waals surface area contributed by atoms with E-state index in [-0.39, 0.29) is 24.3 Å². The second-order valence-corrected chi connectivity index (χ2v) is 10.2. The molecule has 204 valence electrons. The minimum atomic E-state index is -0.0303. The van der Waals surface area contributed by atoms with Crippen molar-refractivity contribution >= 4 is 22.7 Å². The molecule has 1 saturated carbocycles. The van der Waals surface area contributed by atoms with Crippen molar-refractivity contribution in [2.24, 2.45) is 5.92 Å². The molecule has 7 heteroatoms. The first-order valence-electron chi connectivity index (χ1n) is 13.9. The van der Waals surface area contributed by atoms with Crippen LogP contribution in [0.4, 0.5) is 0 Å². The van der Waals surface area contributed by atoms with Gasteiger partial charge in [0, 0.05) is 42.7 Å². The van der Waals surface area contributed by atoms with Gasteiger partial charge in [0.05, 0.1) is 20.8 Å². The van der Waals surface area contributed by atoms with Crippen molar-refractivity contribution < 1.29 is 19.1 Å². The maximum atomic E-state index is 13.8. The third-order valence-corrected chi connectivity index (χ3v) is 7.59. The first kappa shape index (κ1) is 27.6. The number of carbonyl (C=O) groups is 2. The van der Waals surface area contributed by atoms with E-state index in [4.69, 9.17) is 9.47 Å². The zero-order valence-corrected chi connectivity index (χ0v) is 23.0. The van der Waals surface area contributed by atoms with Gasteiger partial charge in [-0.1, -0.05) is 50.5 Å². The van der Waals surface area contributed by atoms with E-state index in [0.717, 1.165) is 43.2 Å². The molecule has 0 spiro atoms. The molecule has 2 amide bonds. The summed E-state index contributed by atoms with van der Waals surface area (Å²) in [6, 6.07) is 14.0. The zero-order valence-electron chi connectivity index (χ0n) is 23.0. The summed E-state index contributed by atoms with van der Waals surface area (Å²) in [4.78, 5) is 34.2. The fraction of sp³-hybridized carbons (Fsp3) is 0.484. The molecule has 0 bridgehead atoms. The van der Waals surface area contributed by atoms with Crippen LogP contribution in [-0.4, -0.2) is 60.5 Å². The molecule has 1 fully saturated rings. The summed E-state index contributed by atoms with van der Waals surface area (Å²) >= 11 is 0. The summed E-state index contributed by atoms with van der Waals surface area (Å²) in [6.07, 6.45) is 8.83. The van der Waals surface area contributed by atoms with Crippen molar-refractivity contribution in [1.82, 2.24) is 14.8 Å². The predicted octanol–water partition coefficient (Wildman–Crippen LogP) is 5.58. The lowest BCUT2D eigenvalue weighted by Crippen LogP contribution is -2.45. The molecule has 0 radical (unpaired) electrons. The molecule has 1 aromatic heterocycles. The van der Waals surface area contributed by atoms with Gasteiger partial charge in [0.1, 0.15) is 0 Å². The van der Waals surface area contributed by atoms with Crippen LogP contribution in [0.5, 0.6) is 11.5 Å². The van der Waals surface area contributed by atoms with Gasteiger partial charge in [0.15, 0.2) is 11.5 Å². The van der Waals surface area contributed by atoms with Crippen LogP contribution in [0.1, 0.15) is 56.6 Å². The van der Waals surface area contributed by atoms with Gasteiger partial charge in [0.25, 0.3) is 0 Å². The predicted molar refractivity (Wildman–Crippen MR) is 150 cm³/mol. The second kappa shape index (κ2) is 13.4. The fourth-order valence-electron chi connectivity index (χ4n) is 5.49. The smallest absolute Gasteiger partial charge is 0.242 e. The Labute approximate surface area is 226 Å². The maximum Gasteiger partial charge on any atom is 0.242 e. The molecule has 4 rings (SSSR count). The van der Waals surface area contributed by atoms with Crippen molar-refractivity contribution in [2.45, 2.75) is 58.4 Å². The minimum absolute atomic E-state index is 0.0303. The number of amides is 2. The molecule has 0 unspecified atom stereocenters. The molecule has 3 aromatic rings. The number of benzene rings is 2. The number of H-pyrrole nitrogens is 1. The number of ether oxygens (including phenoxy) is 2. The lowest BCUT2D eigenvalue weighted by atomic mass is 9.88. The maximum absolute atomic E-state index is 13.8. The highest BCUT2D eigenvalue weighted by atomic mass is 16.5. The van der Waals surface area contributed by atoms with Crippen molar-refractivity contribution in [3.05, 3.63) is 59.8 Å². The topological polar surface area (TPSA) is 74.9 Å². The number of aromatic amines is 1. The lowest BCUT2D eigenvalue weighted by molar-refractivity contribution is -0.144. The van der Waals surface area contributed by atoms with Crippen LogP contribution < -0.4 is 9.47 Å². The number of aromatic nitrogens is 1. The van der Waals surface area contributed by atoms with Gasteiger partial charge in [-0.05, 0) is 55.0 Å². The average molecular weight is 520 g/mol. The number of fused-ring (bicyclic) bond motifs is 1. The summed E-state index contributed by atoms with van der Waals surface area (Å²) in [5.41, 5.74) is 3.22. The summed E-state index contributed by atoms with van der Waals surface area (Å²) < 4.78 is 10.9. The number of nitrogens with zero attached hydrogens (tertiary/aromatic N) is 2. The summed E-state index contributed by atoms with van der Waals surface area (Å²) in [6.45, 7) is 3.76. The van der Waals surface area contributed by atoms with Crippen LogP contribution in [-0.2, 0) is 22.6 Å². The van der Waals surface area contributed by atoms with Crippen LogP contribution in [0.15, 0.2) is 48.7 Å². The van der Waals surface area contributed by atoms with Crippen LogP contribution >= 0.6 is 0 Å². The standard InChI is InChI=1S/C31H41N3O4/c1-4-17-34(31(36)24-10-6-5-7-11-24)22-30(35)33(21-23-14-15-28(37-2)29(19-23)38-3)18-16-25-20-32-27-13-9-8-12-26(25)27/h8-9,12-15,19-20,24,32H,4-7,10-11,16-18,21-22H2,1-3H3. The lowest BCUT2D eigenvalue weighted by Gasteiger charge is -2.31. The first-order valence-corrected chi connectivity index (χ1v) is 13.9. The average Bonchev–Trinajstić information content (AvgIpc) is 3.37. The van der Waals surface area contributed by atoms with Crippen LogP contribution in [0.25, 0.3) is 10.9 Å². The molecule has 1 aliphatic rings. The van der Waals surface area contributed by atoms with Gasteiger partial charge in [-0.25, -0.2) is 0 Å². The Morgan fingerprint density at radius 3 is 2.45 bits per heavy atom. The Morgan fingerprint density at radius 2 is 1.71 bits per heavy atom. The van der Waals surface area contributed by atoms with E-state index in [1.807, 2.05) is 41.4 Å². The van der Waals surface area contributed by atoms with Crippen molar-refractivity contribution in [1.29, 1.82) is 0 Å². The number of para-hydroxylation sites is 1. The Morgan fingerprint density at radius 1 is 0.947 bits per heavy atom. The van der Waals surface area contributed by atoms with E-state index < -0.39 is 0 Å². The number of hydrogen-bond acceptors (Lipinski definition) is 4. The molecular formula is C31H41N3O4. The second-order valence-electron chi connectivity index (χ2n) is 10.2. The van der Waals surface area contributed by atoms with Crippen molar-refractivity contribution in [3.8, 4) is 11.5 Å². The summed E-state index contributed by atoms with van der Waals surface area (Å²) in [5.74, 6) is 1.45. The van der Waals surface area contributed by atoms with E-state index >= 15 is 0 Å². The SMILES string of the molecule is CCCN(CC(=O)N(CCc1c[nH]c2ccccc12)Cc1ccc(OC)c(OC)c1)C(=O)C1CCCCC1. The number of methoxy groups -OCH3 is 2. The summed E-state index contributed by atoms with van der Waals surface area (Å²) in [7, 11) is 3.22. The van der Waals surface area contributed by atoms with Gasteiger partial charge in [-0.3, -0.25) is 9.59 Å². The molecule has 7 nitrogen and oxygen atoms in total. The molecule has 1 heterocycles.